The Morgan fingerprint density at radius 2 is 2.00 bits per heavy atom. The summed E-state index contributed by atoms with van der Waals surface area (Å²) >= 11 is 3.37. The highest BCUT2D eigenvalue weighted by molar-refractivity contribution is 7.98. The van der Waals surface area contributed by atoms with E-state index in [2.05, 4.69) is 6.07 Å². The van der Waals surface area contributed by atoms with E-state index in [0.717, 1.165) is 12.1 Å². The first-order valence-corrected chi connectivity index (χ1v) is 8.30. The Bertz CT molecular complexity index is 520. The van der Waals surface area contributed by atoms with Crippen LogP contribution < -0.4 is 0 Å². The minimum Gasteiger partial charge on any atom is -0.334 e. The number of nitrogens with zero attached hydrogens (tertiary/aromatic N) is 1. The van der Waals surface area contributed by atoms with Gasteiger partial charge in [0, 0.05) is 21.9 Å². The maximum Gasteiger partial charge on any atom is 0.254 e. The molecule has 0 bridgehead atoms. The molecule has 0 aliphatic heterocycles. The van der Waals surface area contributed by atoms with Gasteiger partial charge in [0.15, 0.2) is 0 Å². The second-order valence-corrected chi connectivity index (χ2v) is 6.04. The fraction of sp³-hybridized carbons (Fsp3) is 0.267. The molecule has 0 radical (unpaired) electrons. The first-order chi connectivity index (χ1) is 9.24. The molecule has 0 unspecified atom stereocenters. The Morgan fingerprint density at radius 1 is 1.26 bits per heavy atom. The lowest BCUT2D eigenvalue weighted by Gasteiger charge is -2.20. The summed E-state index contributed by atoms with van der Waals surface area (Å²) in [5, 5.41) is 2.04. The van der Waals surface area contributed by atoms with Gasteiger partial charge in [0.1, 0.15) is 0 Å². The van der Waals surface area contributed by atoms with Crippen LogP contribution in [0.2, 0.25) is 0 Å². The number of hydrogen-bond acceptors (Lipinski definition) is 3. The third kappa shape index (κ3) is 3.61. The van der Waals surface area contributed by atoms with Crippen molar-refractivity contribution in [2.45, 2.75) is 18.4 Å². The van der Waals surface area contributed by atoms with E-state index >= 15 is 0 Å². The lowest BCUT2D eigenvalue weighted by atomic mass is 10.2. The lowest BCUT2D eigenvalue weighted by Crippen LogP contribution is -2.29. The molecule has 0 aliphatic rings. The molecule has 1 amide bonds. The van der Waals surface area contributed by atoms with Gasteiger partial charge in [0.05, 0.1) is 6.54 Å². The molecular weight excluding hydrogens is 274 g/mol. The van der Waals surface area contributed by atoms with Gasteiger partial charge >= 0.3 is 0 Å². The summed E-state index contributed by atoms with van der Waals surface area (Å²) in [4.78, 5) is 16.7. The number of thiophene rings is 1. The van der Waals surface area contributed by atoms with E-state index in [1.807, 2.05) is 53.8 Å². The summed E-state index contributed by atoms with van der Waals surface area (Å²) in [7, 11) is 0. The number of benzene rings is 1. The number of carbonyl (C=O) groups is 1. The molecule has 0 spiro atoms. The van der Waals surface area contributed by atoms with Gasteiger partial charge in [-0.05, 0) is 48.9 Å². The van der Waals surface area contributed by atoms with Gasteiger partial charge in [-0.3, -0.25) is 4.79 Å². The molecule has 19 heavy (non-hydrogen) atoms. The van der Waals surface area contributed by atoms with Crippen molar-refractivity contribution in [2.24, 2.45) is 0 Å². The van der Waals surface area contributed by atoms with Gasteiger partial charge in [-0.25, -0.2) is 0 Å². The van der Waals surface area contributed by atoms with Crippen LogP contribution in [0.5, 0.6) is 0 Å². The Morgan fingerprint density at radius 3 is 2.53 bits per heavy atom. The van der Waals surface area contributed by atoms with Crippen molar-refractivity contribution in [2.75, 3.05) is 12.8 Å². The normalized spacial score (nSPS) is 10.4. The van der Waals surface area contributed by atoms with E-state index < -0.39 is 0 Å². The van der Waals surface area contributed by atoms with Gasteiger partial charge < -0.3 is 4.90 Å². The molecule has 0 N–H and O–H groups in total. The minimum atomic E-state index is 0.101. The van der Waals surface area contributed by atoms with Gasteiger partial charge in [0.25, 0.3) is 5.91 Å². The Hall–Kier alpha value is -1.26. The van der Waals surface area contributed by atoms with Crippen LogP contribution in [0.25, 0.3) is 0 Å². The van der Waals surface area contributed by atoms with E-state index in [4.69, 9.17) is 0 Å². The van der Waals surface area contributed by atoms with Crippen LogP contribution in [0.4, 0.5) is 0 Å². The summed E-state index contributed by atoms with van der Waals surface area (Å²) in [5.74, 6) is 0.101. The SMILES string of the molecule is CCN(Cc1cccs1)C(=O)c1ccc(SC)cc1. The molecule has 2 aromatic rings. The average Bonchev–Trinajstić information content (AvgIpc) is 2.97. The fourth-order valence-electron chi connectivity index (χ4n) is 1.83. The van der Waals surface area contributed by atoms with Gasteiger partial charge in [-0.1, -0.05) is 6.07 Å². The van der Waals surface area contributed by atoms with E-state index in [9.17, 15) is 4.79 Å². The zero-order valence-electron chi connectivity index (χ0n) is 11.1. The molecule has 0 saturated heterocycles. The molecule has 2 rings (SSSR count). The van der Waals surface area contributed by atoms with Gasteiger partial charge in [-0.2, -0.15) is 0 Å². The van der Waals surface area contributed by atoms with Gasteiger partial charge in [0.2, 0.25) is 0 Å². The van der Waals surface area contributed by atoms with Crippen molar-refractivity contribution in [1.82, 2.24) is 4.90 Å². The molecule has 0 fully saturated rings. The second kappa shape index (κ2) is 6.78. The topological polar surface area (TPSA) is 20.3 Å². The lowest BCUT2D eigenvalue weighted by molar-refractivity contribution is 0.0754. The van der Waals surface area contributed by atoms with Crippen LogP contribution >= 0.6 is 23.1 Å². The first kappa shape index (κ1) is 14.2. The number of hydrogen-bond donors (Lipinski definition) is 0. The third-order valence-electron chi connectivity index (χ3n) is 2.93. The first-order valence-electron chi connectivity index (χ1n) is 6.20. The van der Waals surface area contributed by atoms with E-state index in [1.54, 1.807) is 23.1 Å². The predicted octanol–water partition coefficient (Wildman–Crippen LogP) is 4.13. The number of rotatable bonds is 5. The summed E-state index contributed by atoms with van der Waals surface area (Å²) in [6, 6.07) is 11.9. The summed E-state index contributed by atoms with van der Waals surface area (Å²) in [6.45, 7) is 3.43. The standard InChI is InChI=1S/C15H17NOS2/c1-3-16(11-14-5-4-10-19-14)15(17)12-6-8-13(18-2)9-7-12/h4-10H,3,11H2,1-2H3. The van der Waals surface area contributed by atoms with Crippen molar-refractivity contribution in [3.8, 4) is 0 Å². The molecule has 2 nitrogen and oxygen atoms in total. The maximum atomic E-state index is 12.4. The second-order valence-electron chi connectivity index (χ2n) is 4.13. The van der Waals surface area contributed by atoms with E-state index in [0.29, 0.717) is 6.54 Å². The Labute approximate surface area is 122 Å². The molecule has 4 heteroatoms. The van der Waals surface area contributed by atoms with E-state index in [-0.39, 0.29) is 5.91 Å². The smallest absolute Gasteiger partial charge is 0.254 e. The van der Waals surface area contributed by atoms with Crippen LogP contribution in [0.15, 0.2) is 46.7 Å². The number of carbonyl (C=O) groups excluding carboxylic acids is 1. The van der Waals surface area contributed by atoms with Crippen molar-refractivity contribution in [1.29, 1.82) is 0 Å². The highest BCUT2D eigenvalue weighted by atomic mass is 32.2. The van der Waals surface area contributed by atoms with Crippen LogP contribution in [0.1, 0.15) is 22.2 Å². The molecule has 1 aromatic carbocycles. The molecule has 0 saturated carbocycles. The fourth-order valence-corrected chi connectivity index (χ4v) is 2.96. The van der Waals surface area contributed by atoms with E-state index in [1.165, 1.54) is 9.77 Å². The largest absolute Gasteiger partial charge is 0.334 e. The highest BCUT2D eigenvalue weighted by Gasteiger charge is 2.14. The van der Waals surface area contributed by atoms with Crippen molar-refractivity contribution in [3.05, 3.63) is 52.2 Å². The monoisotopic (exact) mass is 291 g/mol. The van der Waals surface area contributed by atoms with Crippen molar-refractivity contribution in [3.63, 3.8) is 0 Å². The minimum absolute atomic E-state index is 0.101. The average molecular weight is 291 g/mol. The van der Waals surface area contributed by atoms with Crippen LogP contribution in [0, 0.1) is 0 Å². The predicted molar refractivity (Wildman–Crippen MR) is 83.0 cm³/mol. The molecule has 0 aliphatic carbocycles. The Balaban J connectivity index is 2.10. The summed E-state index contributed by atoms with van der Waals surface area (Å²) < 4.78 is 0. The molecule has 0 atom stereocenters. The number of amides is 1. The van der Waals surface area contributed by atoms with Crippen LogP contribution in [0.3, 0.4) is 0 Å². The van der Waals surface area contributed by atoms with Crippen molar-refractivity contribution >= 4 is 29.0 Å². The zero-order chi connectivity index (χ0) is 13.7. The van der Waals surface area contributed by atoms with Crippen molar-refractivity contribution < 1.29 is 4.79 Å². The third-order valence-corrected chi connectivity index (χ3v) is 4.54. The van der Waals surface area contributed by atoms with Crippen LogP contribution in [-0.4, -0.2) is 23.6 Å². The quantitative estimate of drug-likeness (QED) is 0.772. The molecule has 1 heterocycles. The highest BCUT2D eigenvalue weighted by Crippen LogP contribution is 2.17. The zero-order valence-corrected chi connectivity index (χ0v) is 12.8. The molecule has 1 aromatic heterocycles. The summed E-state index contributed by atoms with van der Waals surface area (Å²) in [5.41, 5.74) is 0.760. The van der Waals surface area contributed by atoms with Gasteiger partial charge in [-0.15, -0.1) is 23.1 Å². The number of thioether (sulfide) groups is 1. The van der Waals surface area contributed by atoms with Crippen LogP contribution in [-0.2, 0) is 6.54 Å². The molecular formula is C15H17NOS2. The maximum absolute atomic E-state index is 12.4. The summed E-state index contributed by atoms with van der Waals surface area (Å²) in [6.07, 6.45) is 2.03. The Kier molecular flexibility index (Phi) is 5.05. The molecule has 100 valence electrons.